The Labute approximate surface area is 630 Å². The van der Waals surface area contributed by atoms with Crippen molar-refractivity contribution < 1.29 is 103 Å². The molecule has 0 amide bonds. The fourth-order valence-corrected chi connectivity index (χ4v) is 20.0. The molecule has 3 aliphatic heterocycles. The van der Waals surface area contributed by atoms with Crippen LogP contribution in [-0.2, 0) is 71.4 Å². The number of carbonyl (C=O) groups excluding carboxylic acids is 9. The number of oxazole rings is 1. The summed E-state index contributed by atoms with van der Waals surface area (Å²) in [5.74, 6) is -8.16. The highest BCUT2D eigenvalue weighted by atomic mass is 16.6. The van der Waals surface area contributed by atoms with Crippen LogP contribution in [0.15, 0.2) is 196 Å². The molecule has 9 aliphatic rings. The van der Waals surface area contributed by atoms with E-state index in [1.165, 1.54) is 70.7 Å². The molecule has 26 nitrogen and oxygen atoms in total. The van der Waals surface area contributed by atoms with Crippen molar-refractivity contribution in [3.8, 4) is 0 Å². The van der Waals surface area contributed by atoms with Crippen molar-refractivity contribution in [2.24, 2.45) is 85.8 Å². The van der Waals surface area contributed by atoms with Gasteiger partial charge in [0.15, 0.2) is 23.7 Å². The number of fused-ring (bicyclic) bond motifs is 9. The molecule has 109 heavy (non-hydrogen) atoms. The van der Waals surface area contributed by atoms with Crippen molar-refractivity contribution in [2.75, 3.05) is 21.3 Å². The van der Waals surface area contributed by atoms with Crippen molar-refractivity contribution in [1.82, 2.24) is 19.9 Å². The van der Waals surface area contributed by atoms with Gasteiger partial charge in [-0.15, -0.1) is 0 Å². The number of rotatable bonds is 12. The number of Topliss-reactive ketones (excluding diaryl/α,β-unsaturated/α-hetero) is 3. The van der Waals surface area contributed by atoms with Crippen LogP contribution >= 0.6 is 0 Å². The third-order valence-electron chi connectivity index (χ3n) is 25.1. The first kappa shape index (κ1) is 77.6. The van der Waals surface area contributed by atoms with Gasteiger partial charge in [0.1, 0.15) is 24.6 Å². The predicted molar refractivity (Wildman–Crippen MR) is 382 cm³/mol. The van der Waals surface area contributed by atoms with Crippen LogP contribution in [0, 0.1) is 92.7 Å². The van der Waals surface area contributed by atoms with Gasteiger partial charge >= 0.3 is 35.8 Å². The van der Waals surface area contributed by atoms with Gasteiger partial charge in [0.2, 0.25) is 23.1 Å². The summed E-state index contributed by atoms with van der Waals surface area (Å²) < 4.78 is 71.5. The van der Waals surface area contributed by atoms with Gasteiger partial charge in [0, 0.05) is 76.5 Å². The lowest BCUT2D eigenvalue weighted by Crippen LogP contribution is -2.60. The molecule has 9 heterocycles. The van der Waals surface area contributed by atoms with Crippen LogP contribution in [0.1, 0.15) is 179 Å². The second-order valence-corrected chi connectivity index (χ2v) is 31.1. The maximum atomic E-state index is 14.2. The fourth-order valence-electron chi connectivity index (χ4n) is 20.0. The van der Waals surface area contributed by atoms with Gasteiger partial charge in [-0.25, -0.2) is 29.3 Å². The molecule has 0 bridgehead atoms. The summed E-state index contributed by atoms with van der Waals surface area (Å²) in [6, 6.07) is 8.79. The number of aromatic nitrogens is 4. The summed E-state index contributed by atoms with van der Waals surface area (Å²) in [6.07, 6.45) is 25.8. The Balaban J connectivity index is 0.000000152. The van der Waals surface area contributed by atoms with Crippen molar-refractivity contribution in [1.29, 1.82) is 0 Å². The first-order valence-corrected chi connectivity index (χ1v) is 35.8. The topological polar surface area (TPSA) is 341 Å². The molecule has 6 aliphatic carbocycles. The average Bonchev–Trinajstić information content (AvgIpc) is 1.11. The number of methoxy groups -OCH3 is 3. The maximum absolute atomic E-state index is 14.2. The number of ether oxygens (including phenoxy) is 9. The van der Waals surface area contributed by atoms with Gasteiger partial charge in [0.25, 0.3) is 0 Å². The van der Waals surface area contributed by atoms with Gasteiger partial charge in [-0.1, -0.05) is 68.7 Å². The first-order valence-electron chi connectivity index (χ1n) is 35.8. The van der Waals surface area contributed by atoms with Crippen LogP contribution in [0.5, 0.6) is 0 Å². The lowest BCUT2D eigenvalue weighted by molar-refractivity contribution is -0.176. The highest BCUT2D eigenvalue weighted by molar-refractivity contribution is 6.05. The minimum Gasteiger partial charge on any atom is -0.490 e. The standard InChI is InChI=1S/C29H31NO7.C27H28N2O7.C26H27NO8.CH4/c1-16-6-7-18(14-30-16)26(32)37-22-12-21(27(33)34-5)28(3)10-8-20-17(2)36-23(19-9-11-35-15-19)13-29(20,4)25(28)24(22)31;1-15-18-5-7-26(2)19(25(32)33-4)9-20(36-24(31)17-11-28-14-29-12-17)22(30)23(26)27(18,3)10-21(35-15)16-6-8-34-13-16;1-14-16-5-7-25(2)17(23(29)31-4)9-18(35-24(30)20-11-27-13-33-20)21(28)22(25)26(16,3)10-19(34-14)15-6-8-32-12-15;/h6-7,9,11-12,14-15,20-21,23,25H,2,8,10,13H2,1,3-5H3;6,8-9,11-14,18-19,21,23H,1,5,7,10H2,2-4H3;6,8-9,11-13,16-17,19,22H,1,5,7,10H2,2-4H3;1H4/t20-,21-,23-,25-,28-,29-;18-,19-,21-,23-,26-,27-;16-,17-,19-,22-,25-,26-;/m000./s1. The number of furan rings is 3. The van der Waals surface area contributed by atoms with Gasteiger partial charge in [-0.3, -0.25) is 33.8 Å². The molecule has 0 unspecified atom stereocenters. The summed E-state index contributed by atoms with van der Waals surface area (Å²) >= 11 is 0. The van der Waals surface area contributed by atoms with E-state index in [4.69, 9.17) is 60.3 Å². The van der Waals surface area contributed by atoms with Crippen molar-refractivity contribution >= 4 is 53.2 Å². The average molecular weight is 1500 g/mol. The summed E-state index contributed by atoms with van der Waals surface area (Å²) in [5.41, 5.74) is -0.512. The van der Waals surface area contributed by atoms with Crippen molar-refractivity contribution in [3.63, 3.8) is 0 Å². The van der Waals surface area contributed by atoms with E-state index in [9.17, 15) is 43.2 Å². The number of pyridine rings is 1. The summed E-state index contributed by atoms with van der Waals surface area (Å²) in [6.45, 7) is 26.4. The van der Waals surface area contributed by atoms with Crippen LogP contribution < -0.4 is 0 Å². The molecule has 574 valence electrons. The Kier molecular flexibility index (Phi) is 21.2. The zero-order valence-corrected chi connectivity index (χ0v) is 61.7. The first-order chi connectivity index (χ1) is 51.5. The van der Waals surface area contributed by atoms with E-state index in [0.29, 0.717) is 75.1 Å². The second-order valence-electron chi connectivity index (χ2n) is 31.1. The molecule has 6 fully saturated rings. The minimum absolute atomic E-state index is 0. The van der Waals surface area contributed by atoms with E-state index in [1.807, 2.05) is 59.7 Å². The molecule has 0 spiro atoms. The number of aryl methyl sites for hydroxylation is 1. The third kappa shape index (κ3) is 13.6. The zero-order valence-electron chi connectivity index (χ0n) is 61.7. The van der Waals surface area contributed by atoms with Gasteiger partial charge in [-0.2, -0.15) is 0 Å². The Morgan fingerprint density at radius 1 is 0.459 bits per heavy atom. The molecule has 0 radical (unpaired) electrons. The Hall–Kier alpha value is -11.1. The van der Waals surface area contributed by atoms with E-state index in [0.717, 1.165) is 28.8 Å². The number of carbonyl (C=O) groups is 9. The molecule has 3 saturated heterocycles. The van der Waals surface area contributed by atoms with Gasteiger partial charge in [-0.05, 0) is 146 Å². The molecule has 0 aromatic carbocycles. The number of ketones is 3. The third-order valence-corrected chi connectivity index (χ3v) is 25.1. The van der Waals surface area contributed by atoms with Crippen LogP contribution in [0.3, 0.4) is 0 Å². The fraction of sp³-hybridized carbons (Fsp3) is 0.458. The van der Waals surface area contributed by atoms with Crippen LogP contribution in [0.25, 0.3) is 0 Å². The lowest BCUT2D eigenvalue weighted by atomic mass is 9.44. The highest BCUT2D eigenvalue weighted by Gasteiger charge is 2.69. The lowest BCUT2D eigenvalue weighted by Gasteiger charge is -2.60. The monoisotopic (exact) mass is 1490 g/mol. The van der Waals surface area contributed by atoms with Gasteiger partial charge < -0.3 is 60.3 Å². The van der Waals surface area contributed by atoms with Crippen molar-refractivity contribution in [2.45, 2.75) is 132 Å². The zero-order chi connectivity index (χ0) is 77.2. The smallest absolute Gasteiger partial charge is 0.381 e. The highest BCUT2D eigenvalue weighted by Crippen LogP contribution is 2.70. The minimum atomic E-state index is -0.862. The van der Waals surface area contributed by atoms with Crippen LogP contribution in [-0.4, -0.2) is 94.4 Å². The quantitative estimate of drug-likeness (QED) is 0.0811. The van der Waals surface area contributed by atoms with Gasteiger partial charge in [0.05, 0.1) is 111 Å². The second kappa shape index (κ2) is 29.8. The van der Waals surface area contributed by atoms with E-state index < -0.39 is 104 Å². The Bertz CT molecular complexity index is 4640. The number of hydrogen-bond acceptors (Lipinski definition) is 26. The number of hydrogen-bond donors (Lipinski definition) is 0. The largest absolute Gasteiger partial charge is 0.490 e. The molecular weight excluding hydrogens is 1400 g/mol. The molecule has 15 rings (SSSR count). The number of esters is 6. The molecule has 0 N–H and O–H groups in total. The summed E-state index contributed by atoms with van der Waals surface area (Å²) in [5, 5.41) is 0. The molecular formula is C83H90N4O22. The van der Waals surface area contributed by atoms with E-state index in [2.05, 4.69) is 46.6 Å². The van der Waals surface area contributed by atoms with Crippen molar-refractivity contribution in [3.05, 3.63) is 217 Å². The molecule has 6 aromatic rings. The Morgan fingerprint density at radius 2 is 0.817 bits per heavy atom. The van der Waals surface area contributed by atoms with Crippen LogP contribution in [0.4, 0.5) is 0 Å². The summed E-state index contributed by atoms with van der Waals surface area (Å²) in [4.78, 5) is 135. The maximum Gasteiger partial charge on any atom is 0.381 e. The number of allylic oxidation sites excluding steroid dienone is 6. The molecule has 18 atom stereocenters. The molecule has 6 aromatic heterocycles. The normalized spacial score (nSPS) is 33.2. The predicted octanol–water partition coefficient (Wildman–Crippen LogP) is 14.3. The molecule has 3 saturated carbocycles. The Morgan fingerprint density at radius 3 is 1.13 bits per heavy atom. The number of nitrogens with zero attached hydrogens (tertiary/aromatic N) is 4. The van der Waals surface area contributed by atoms with Crippen LogP contribution in [0.2, 0.25) is 0 Å². The SMILES string of the molecule is C.C=C1O[C@H](c2ccoc2)C[C@]2(C)[C@H]3C(=O)C(OC(=O)c4ccc(C)nc4)=C[C@@H](C(=O)OC)[C@]3(C)CC[C@@H]12.C=C1O[C@H](c2ccoc2)C[C@]2(C)[C@H]3C(=O)C(OC(=O)c4cncnc4)=C[C@@H](C(=O)OC)[C@]3(C)CC[C@@H]12.C=C1O[C@H](c2ccoc2)C[C@]2(C)[C@H]3C(=O)C(OC(=O)c4cnco4)=C[C@@H](C(=O)OC)[C@]3(C)CC[C@@H]12. The summed E-state index contributed by atoms with van der Waals surface area (Å²) in [7, 11) is 3.95. The van der Waals surface area contributed by atoms with E-state index >= 15 is 0 Å². The van der Waals surface area contributed by atoms with E-state index in [-0.39, 0.29) is 95.0 Å². The van der Waals surface area contributed by atoms with E-state index in [1.54, 1.807) is 49.7 Å². The molecule has 26 heteroatoms.